The number of carbonyl (C=O) groups is 2. The molecule has 0 spiro atoms. The standard InChI is InChI=1S/C16H19NO2.C2H2O4/c1-18-14-8-5-9-15(12-14)19-16(10-11-17)13-6-3-2-4-7-13;3-1(4)2(5)6/h2-9,12,16H,10-11,17H2,1H3;(H,3,4)(H,5,6). The maximum Gasteiger partial charge on any atom is 0.414 e. The van der Waals surface area contributed by atoms with E-state index in [9.17, 15) is 0 Å². The second-order valence-electron chi connectivity index (χ2n) is 4.88. The second-order valence-corrected chi connectivity index (χ2v) is 4.88. The Morgan fingerprint density at radius 1 is 1.00 bits per heavy atom. The Morgan fingerprint density at radius 2 is 1.60 bits per heavy atom. The van der Waals surface area contributed by atoms with E-state index in [-0.39, 0.29) is 6.10 Å². The average Bonchev–Trinajstić information content (AvgIpc) is 2.62. The Kier molecular flexibility index (Phi) is 8.53. The zero-order chi connectivity index (χ0) is 18.7. The highest BCUT2D eigenvalue weighted by atomic mass is 16.5. The molecule has 0 aliphatic carbocycles. The van der Waals surface area contributed by atoms with Crippen molar-refractivity contribution < 1.29 is 29.3 Å². The molecule has 0 aromatic heterocycles. The third kappa shape index (κ3) is 7.36. The van der Waals surface area contributed by atoms with E-state index in [0.29, 0.717) is 6.54 Å². The highest BCUT2D eigenvalue weighted by molar-refractivity contribution is 6.27. The van der Waals surface area contributed by atoms with Crippen molar-refractivity contribution >= 4 is 11.9 Å². The normalized spacial score (nSPS) is 10.8. The molecule has 0 fully saturated rings. The first-order valence-electron chi connectivity index (χ1n) is 7.49. The number of carboxylic acids is 2. The molecule has 0 bridgehead atoms. The molecule has 25 heavy (non-hydrogen) atoms. The molecule has 0 aliphatic rings. The van der Waals surface area contributed by atoms with E-state index in [1.54, 1.807) is 7.11 Å². The smallest absolute Gasteiger partial charge is 0.414 e. The molecule has 4 N–H and O–H groups in total. The van der Waals surface area contributed by atoms with Crippen LogP contribution in [-0.2, 0) is 9.59 Å². The third-order valence-corrected chi connectivity index (χ3v) is 3.10. The molecule has 0 aliphatic heterocycles. The number of hydrogen-bond donors (Lipinski definition) is 3. The summed E-state index contributed by atoms with van der Waals surface area (Å²) in [6.07, 6.45) is 0.750. The van der Waals surface area contributed by atoms with Crippen LogP contribution in [0.2, 0.25) is 0 Å². The Labute approximate surface area is 145 Å². The second kappa shape index (κ2) is 10.7. The number of benzene rings is 2. The summed E-state index contributed by atoms with van der Waals surface area (Å²) in [7, 11) is 1.65. The predicted molar refractivity (Wildman–Crippen MR) is 91.7 cm³/mol. The predicted octanol–water partition coefficient (Wildman–Crippen LogP) is 2.32. The van der Waals surface area contributed by atoms with Crippen LogP contribution >= 0.6 is 0 Å². The van der Waals surface area contributed by atoms with Crippen molar-refractivity contribution in [1.82, 2.24) is 0 Å². The van der Waals surface area contributed by atoms with Crippen molar-refractivity contribution in [2.45, 2.75) is 12.5 Å². The van der Waals surface area contributed by atoms with E-state index in [1.807, 2.05) is 42.5 Å². The number of aliphatic carboxylic acids is 2. The van der Waals surface area contributed by atoms with Crippen LogP contribution in [0.4, 0.5) is 0 Å². The highest BCUT2D eigenvalue weighted by Crippen LogP contribution is 2.26. The molecule has 134 valence electrons. The van der Waals surface area contributed by atoms with Gasteiger partial charge in [0, 0.05) is 12.5 Å². The number of methoxy groups -OCH3 is 1. The summed E-state index contributed by atoms with van der Waals surface area (Å²) < 4.78 is 11.2. The van der Waals surface area contributed by atoms with Crippen LogP contribution in [-0.4, -0.2) is 35.8 Å². The van der Waals surface area contributed by atoms with Gasteiger partial charge in [0.1, 0.15) is 17.6 Å². The summed E-state index contributed by atoms with van der Waals surface area (Å²) >= 11 is 0. The van der Waals surface area contributed by atoms with Gasteiger partial charge in [-0.05, 0) is 24.2 Å². The zero-order valence-corrected chi connectivity index (χ0v) is 13.8. The number of carboxylic acid groups (broad SMARTS) is 2. The van der Waals surface area contributed by atoms with Crippen LogP contribution in [0.25, 0.3) is 0 Å². The summed E-state index contributed by atoms with van der Waals surface area (Å²) in [5.41, 5.74) is 6.81. The first kappa shape index (κ1) is 20.0. The van der Waals surface area contributed by atoms with Gasteiger partial charge in [0.2, 0.25) is 0 Å². The third-order valence-electron chi connectivity index (χ3n) is 3.10. The molecule has 0 saturated carbocycles. The van der Waals surface area contributed by atoms with Crippen molar-refractivity contribution in [3.8, 4) is 11.5 Å². The number of rotatable bonds is 6. The van der Waals surface area contributed by atoms with Crippen LogP contribution in [0.1, 0.15) is 18.1 Å². The molecule has 1 unspecified atom stereocenters. The SMILES string of the molecule is COc1cccc(OC(CCN)c2ccccc2)c1.O=C(O)C(=O)O. The molecule has 0 saturated heterocycles. The van der Waals surface area contributed by atoms with Gasteiger partial charge in [0.15, 0.2) is 0 Å². The fraction of sp³-hybridized carbons (Fsp3) is 0.222. The molecule has 2 aromatic carbocycles. The summed E-state index contributed by atoms with van der Waals surface area (Å²) in [5, 5.41) is 14.8. The molecule has 0 radical (unpaired) electrons. The van der Waals surface area contributed by atoms with E-state index in [2.05, 4.69) is 12.1 Å². The number of hydrogen-bond acceptors (Lipinski definition) is 5. The summed E-state index contributed by atoms with van der Waals surface area (Å²) in [6.45, 7) is 0.587. The molecular formula is C18H21NO6. The van der Waals surface area contributed by atoms with Crippen molar-refractivity contribution in [1.29, 1.82) is 0 Å². The molecule has 7 nitrogen and oxygen atoms in total. The van der Waals surface area contributed by atoms with Crippen molar-refractivity contribution in [2.75, 3.05) is 13.7 Å². The van der Waals surface area contributed by atoms with Crippen LogP contribution in [0, 0.1) is 0 Å². The van der Waals surface area contributed by atoms with Gasteiger partial charge >= 0.3 is 11.9 Å². The molecule has 2 aromatic rings. The summed E-state index contributed by atoms with van der Waals surface area (Å²) in [4.78, 5) is 18.2. The van der Waals surface area contributed by atoms with E-state index in [4.69, 9.17) is 35.0 Å². The van der Waals surface area contributed by atoms with Gasteiger partial charge in [0.25, 0.3) is 0 Å². The van der Waals surface area contributed by atoms with Crippen molar-refractivity contribution in [2.24, 2.45) is 5.73 Å². The Morgan fingerprint density at radius 3 is 2.12 bits per heavy atom. The lowest BCUT2D eigenvalue weighted by Crippen LogP contribution is -2.13. The lowest BCUT2D eigenvalue weighted by atomic mass is 10.1. The average molecular weight is 347 g/mol. The molecule has 2 rings (SSSR count). The number of ether oxygens (including phenoxy) is 2. The lowest BCUT2D eigenvalue weighted by Gasteiger charge is -2.19. The minimum atomic E-state index is -1.82. The van der Waals surface area contributed by atoms with Gasteiger partial charge < -0.3 is 25.4 Å². The Hall–Kier alpha value is -3.06. The van der Waals surface area contributed by atoms with E-state index < -0.39 is 11.9 Å². The molecule has 0 amide bonds. The van der Waals surface area contributed by atoms with Crippen molar-refractivity contribution in [3.05, 3.63) is 60.2 Å². The molecule has 7 heteroatoms. The van der Waals surface area contributed by atoms with Gasteiger partial charge in [-0.3, -0.25) is 0 Å². The van der Waals surface area contributed by atoms with Gasteiger partial charge in [-0.2, -0.15) is 0 Å². The summed E-state index contributed by atoms with van der Waals surface area (Å²) in [6, 6.07) is 17.7. The van der Waals surface area contributed by atoms with Crippen LogP contribution in [0.3, 0.4) is 0 Å². The monoisotopic (exact) mass is 347 g/mol. The lowest BCUT2D eigenvalue weighted by molar-refractivity contribution is -0.159. The fourth-order valence-electron chi connectivity index (χ4n) is 1.95. The van der Waals surface area contributed by atoms with Crippen LogP contribution in [0.5, 0.6) is 11.5 Å². The Balaban J connectivity index is 0.000000450. The minimum Gasteiger partial charge on any atom is -0.497 e. The maximum atomic E-state index is 9.10. The van der Waals surface area contributed by atoms with E-state index in [1.165, 1.54) is 0 Å². The first-order chi connectivity index (χ1) is 12.0. The van der Waals surface area contributed by atoms with Gasteiger partial charge in [0.05, 0.1) is 7.11 Å². The first-order valence-corrected chi connectivity index (χ1v) is 7.49. The van der Waals surface area contributed by atoms with E-state index >= 15 is 0 Å². The van der Waals surface area contributed by atoms with Crippen molar-refractivity contribution in [3.63, 3.8) is 0 Å². The largest absolute Gasteiger partial charge is 0.497 e. The minimum absolute atomic E-state index is 0.0293. The van der Waals surface area contributed by atoms with Crippen LogP contribution in [0.15, 0.2) is 54.6 Å². The quantitative estimate of drug-likeness (QED) is 0.686. The van der Waals surface area contributed by atoms with Crippen LogP contribution < -0.4 is 15.2 Å². The van der Waals surface area contributed by atoms with Gasteiger partial charge in [-0.15, -0.1) is 0 Å². The van der Waals surface area contributed by atoms with Gasteiger partial charge in [-0.25, -0.2) is 9.59 Å². The fourth-order valence-corrected chi connectivity index (χ4v) is 1.95. The Bertz CT molecular complexity index is 662. The summed E-state index contributed by atoms with van der Waals surface area (Å²) in [5.74, 6) is -2.07. The highest BCUT2D eigenvalue weighted by Gasteiger charge is 2.12. The zero-order valence-electron chi connectivity index (χ0n) is 13.8. The molecular weight excluding hydrogens is 326 g/mol. The van der Waals surface area contributed by atoms with Gasteiger partial charge in [-0.1, -0.05) is 36.4 Å². The topological polar surface area (TPSA) is 119 Å². The number of nitrogens with two attached hydrogens (primary N) is 1. The van der Waals surface area contributed by atoms with E-state index in [0.717, 1.165) is 23.5 Å². The molecule has 0 heterocycles. The maximum absolute atomic E-state index is 9.10. The molecule has 1 atom stereocenters.